The van der Waals surface area contributed by atoms with E-state index in [1.165, 1.54) is 6.08 Å². The summed E-state index contributed by atoms with van der Waals surface area (Å²) >= 11 is 0. The molecule has 0 spiro atoms. The van der Waals surface area contributed by atoms with Crippen molar-refractivity contribution in [2.45, 2.75) is 0 Å². The third-order valence-corrected chi connectivity index (χ3v) is 2.85. The van der Waals surface area contributed by atoms with Crippen LogP contribution < -0.4 is 10.6 Å². The number of amides is 3. The number of imide groups is 1. The van der Waals surface area contributed by atoms with Crippen molar-refractivity contribution in [2.75, 3.05) is 0 Å². The molecular formula is C17H14N2O4. The van der Waals surface area contributed by atoms with Gasteiger partial charge in [-0.2, -0.15) is 0 Å². The number of carboxylic acids is 1. The largest absolute Gasteiger partial charge is 0.477 e. The molecule has 2 rings (SSSR count). The zero-order chi connectivity index (χ0) is 16.7. The highest BCUT2D eigenvalue weighted by molar-refractivity contribution is 6.06. The van der Waals surface area contributed by atoms with E-state index in [2.05, 4.69) is 10.6 Å². The van der Waals surface area contributed by atoms with E-state index in [0.717, 1.165) is 0 Å². The van der Waals surface area contributed by atoms with E-state index in [1.54, 1.807) is 60.7 Å². The number of carboxylic acid groups (broad SMARTS) is 1. The Hall–Kier alpha value is -3.41. The number of benzene rings is 2. The molecule has 0 aliphatic carbocycles. The maximum absolute atomic E-state index is 11.8. The van der Waals surface area contributed by atoms with Crippen molar-refractivity contribution in [3.63, 3.8) is 0 Å². The smallest absolute Gasteiger partial charge is 0.352 e. The Balaban J connectivity index is 2.06. The van der Waals surface area contributed by atoms with Crippen LogP contribution in [0.5, 0.6) is 0 Å². The summed E-state index contributed by atoms with van der Waals surface area (Å²) in [6.45, 7) is 0. The number of carbonyl (C=O) groups is 3. The first-order valence-corrected chi connectivity index (χ1v) is 6.73. The molecule has 0 aliphatic rings. The lowest BCUT2D eigenvalue weighted by atomic mass is 10.2. The molecule has 3 N–H and O–H groups in total. The van der Waals surface area contributed by atoms with Gasteiger partial charge >= 0.3 is 12.0 Å². The zero-order valence-electron chi connectivity index (χ0n) is 12.0. The van der Waals surface area contributed by atoms with Crippen molar-refractivity contribution in [3.8, 4) is 0 Å². The highest BCUT2D eigenvalue weighted by Crippen LogP contribution is 2.05. The number of hydrogen-bond donors (Lipinski definition) is 3. The Morgan fingerprint density at radius 1 is 0.826 bits per heavy atom. The van der Waals surface area contributed by atoms with Crippen LogP contribution in [-0.4, -0.2) is 23.0 Å². The minimum atomic E-state index is -1.31. The average molecular weight is 310 g/mol. The molecule has 6 heteroatoms. The van der Waals surface area contributed by atoms with Crippen LogP contribution in [0.15, 0.2) is 66.4 Å². The molecule has 0 heterocycles. The lowest BCUT2D eigenvalue weighted by Gasteiger charge is -2.07. The number of nitrogens with one attached hydrogen (secondary N) is 2. The Labute approximate surface area is 132 Å². The van der Waals surface area contributed by atoms with Gasteiger partial charge in [-0.1, -0.05) is 48.5 Å². The third kappa shape index (κ3) is 4.82. The Morgan fingerprint density at radius 3 is 1.96 bits per heavy atom. The SMILES string of the molecule is O=C(NC(=O)c1ccccc1)N/C(=C\c1ccccc1)C(=O)O. The molecular weight excluding hydrogens is 296 g/mol. The van der Waals surface area contributed by atoms with Crippen LogP contribution in [-0.2, 0) is 4.79 Å². The lowest BCUT2D eigenvalue weighted by molar-refractivity contribution is -0.132. The molecule has 0 bridgehead atoms. The van der Waals surface area contributed by atoms with Crippen LogP contribution in [0.3, 0.4) is 0 Å². The fraction of sp³-hybridized carbons (Fsp3) is 0. The van der Waals surface area contributed by atoms with E-state index in [9.17, 15) is 14.4 Å². The van der Waals surface area contributed by atoms with Gasteiger partial charge in [-0.25, -0.2) is 9.59 Å². The predicted octanol–water partition coefficient (Wildman–Crippen LogP) is 2.25. The first-order chi connectivity index (χ1) is 11.1. The maximum Gasteiger partial charge on any atom is 0.352 e. The monoisotopic (exact) mass is 310 g/mol. The molecule has 0 atom stereocenters. The van der Waals surface area contributed by atoms with Gasteiger partial charge in [-0.3, -0.25) is 10.1 Å². The molecule has 0 saturated carbocycles. The van der Waals surface area contributed by atoms with Crippen molar-refractivity contribution in [1.29, 1.82) is 0 Å². The average Bonchev–Trinajstić information content (AvgIpc) is 2.56. The first kappa shape index (κ1) is 16.0. The van der Waals surface area contributed by atoms with Crippen LogP contribution in [0.1, 0.15) is 15.9 Å². The summed E-state index contributed by atoms with van der Waals surface area (Å²) in [5.41, 5.74) is 0.570. The van der Waals surface area contributed by atoms with Crippen molar-refractivity contribution in [2.24, 2.45) is 0 Å². The standard InChI is InChI=1S/C17H14N2O4/c20-15(13-9-5-2-6-10-13)19-17(23)18-14(16(21)22)11-12-7-3-1-4-8-12/h1-11H,(H,21,22)(H2,18,19,20,23)/b14-11-. The van der Waals surface area contributed by atoms with Crippen molar-refractivity contribution >= 4 is 24.0 Å². The minimum Gasteiger partial charge on any atom is -0.477 e. The summed E-state index contributed by atoms with van der Waals surface area (Å²) in [6.07, 6.45) is 1.30. The van der Waals surface area contributed by atoms with Crippen LogP contribution in [0.25, 0.3) is 6.08 Å². The van der Waals surface area contributed by atoms with Crippen LogP contribution in [0.2, 0.25) is 0 Å². The third-order valence-electron chi connectivity index (χ3n) is 2.85. The van der Waals surface area contributed by atoms with Crippen LogP contribution in [0, 0.1) is 0 Å². The second-order valence-corrected chi connectivity index (χ2v) is 4.55. The molecule has 2 aromatic rings. The molecule has 116 valence electrons. The summed E-state index contributed by atoms with van der Waals surface area (Å²) in [6, 6.07) is 15.9. The molecule has 0 unspecified atom stereocenters. The summed E-state index contributed by atoms with van der Waals surface area (Å²) in [5.74, 6) is -1.93. The number of urea groups is 1. The van der Waals surface area contributed by atoms with Gasteiger partial charge in [0.15, 0.2) is 0 Å². The number of rotatable bonds is 4. The summed E-state index contributed by atoms with van der Waals surface area (Å²) in [5, 5.41) is 13.4. The van der Waals surface area contributed by atoms with E-state index in [-0.39, 0.29) is 5.70 Å². The van der Waals surface area contributed by atoms with Gasteiger partial charge in [-0.15, -0.1) is 0 Å². The molecule has 0 aliphatic heterocycles. The second kappa shape index (κ2) is 7.56. The van der Waals surface area contributed by atoms with E-state index in [0.29, 0.717) is 11.1 Å². The van der Waals surface area contributed by atoms with E-state index >= 15 is 0 Å². The molecule has 2 aromatic carbocycles. The van der Waals surface area contributed by atoms with Gasteiger partial charge in [0.1, 0.15) is 5.70 Å². The fourth-order valence-corrected chi connectivity index (χ4v) is 1.79. The lowest BCUT2D eigenvalue weighted by Crippen LogP contribution is -2.40. The van der Waals surface area contributed by atoms with Gasteiger partial charge in [-0.05, 0) is 23.8 Å². The molecule has 0 saturated heterocycles. The maximum atomic E-state index is 11.8. The van der Waals surface area contributed by atoms with Gasteiger partial charge in [0.05, 0.1) is 0 Å². The molecule has 3 amide bonds. The van der Waals surface area contributed by atoms with Crippen molar-refractivity contribution in [1.82, 2.24) is 10.6 Å². The molecule has 0 aromatic heterocycles. The van der Waals surface area contributed by atoms with E-state index < -0.39 is 17.9 Å². The van der Waals surface area contributed by atoms with E-state index in [4.69, 9.17) is 5.11 Å². The van der Waals surface area contributed by atoms with Gasteiger partial charge < -0.3 is 10.4 Å². The molecule has 0 fully saturated rings. The topological polar surface area (TPSA) is 95.5 Å². The van der Waals surface area contributed by atoms with Crippen LogP contribution >= 0.6 is 0 Å². The molecule has 6 nitrogen and oxygen atoms in total. The highest BCUT2D eigenvalue weighted by Gasteiger charge is 2.14. The minimum absolute atomic E-state index is 0.298. The van der Waals surface area contributed by atoms with E-state index in [1.807, 2.05) is 0 Å². The summed E-state index contributed by atoms with van der Waals surface area (Å²) < 4.78 is 0. The quantitative estimate of drug-likeness (QED) is 0.755. The molecule has 0 radical (unpaired) electrons. The number of aliphatic carboxylic acids is 1. The summed E-state index contributed by atoms with van der Waals surface area (Å²) in [7, 11) is 0. The normalized spacial score (nSPS) is 10.7. The fourth-order valence-electron chi connectivity index (χ4n) is 1.79. The zero-order valence-corrected chi connectivity index (χ0v) is 12.0. The van der Waals surface area contributed by atoms with Gasteiger partial charge in [0.2, 0.25) is 0 Å². The van der Waals surface area contributed by atoms with Crippen LogP contribution in [0.4, 0.5) is 4.79 Å². The predicted molar refractivity (Wildman–Crippen MR) is 84.5 cm³/mol. The second-order valence-electron chi connectivity index (χ2n) is 4.55. The van der Waals surface area contributed by atoms with Gasteiger partial charge in [0.25, 0.3) is 5.91 Å². The Kier molecular flexibility index (Phi) is 5.25. The van der Waals surface area contributed by atoms with Crippen molar-refractivity contribution < 1.29 is 19.5 Å². The van der Waals surface area contributed by atoms with Gasteiger partial charge in [0, 0.05) is 5.56 Å². The first-order valence-electron chi connectivity index (χ1n) is 6.73. The Morgan fingerprint density at radius 2 is 1.39 bits per heavy atom. The number of carbonyl (C=O) groups excluding carboxylic acids is 2. The number of hydrogen-bond acceptors (Lipinski definition) is 3. The highest BCUT2D eigenvalue weighted by atomic mass is 16.4. The summed E-state index contributed by atoms with van der Waals surface area (Å²) in [4.78, 5) is 34.8. The Bertz CT molecular complexity index is 740. The molecule has 23 heavy (non-hydrogen) atoms. The van der Waals surface area contributed by atoms with Crippen molar-refractivity contribution in [3.05, 3.63) is 77.5 Å².